The molecule has 2 N–H and O–H groups in total. The largest absolute Gasteiger partial charge is 0.374 e. The number of hydrazone groups is 1. The van der Waals surface area contributed by atoms with Gasteiger partial charge in [0.1, 0.15) is 5.69 Å². The molecule has 1 fully saturated rings. The van der Waals surface area contributed by atoms with Crippen LogP contribution in [0.3, 0.4) is 0 Å². The third kappa shape index (κ3) is 2.99. The van der Waals surface area contributed by atoms with Crippen molar-refractivity contribution in [3.8, 4) is 0 Å². The molecule has 0 unspecified atom stereocenters. The van der Waals surface area contributed by atoms with Gasteiger partial charge in [0.05, 0.1) is 11.9 Å². The molecular formula is C11H16N6S. The molecule has 1 saturated heterocycles. The molecule has 1 aliphatic rings. The van der Waals surface area contributed by atoms with Gasteiger partial charge in [0, 0.05) is 25.5 Å². The topological polar surface area (TPSA) is 70.6 Å². The summed E-state index contributed by atoms with van der Waals surface area (Å²) in [5.74, 6) is 0. The molecule has 0 bridgehead atoms. The Bertz CT molecular complexity index is 440. The zero-order chi connectivity index (χ0) is 13.0. The number of aromatic nitrogens is 2. The van der Waals surface area contributed by atoms with Gasteiger partial charge < -0.3 is 5.73 Å². The maximum Gasteiger partial charge on any atom is 0.203 e. The first-order valence-corrected chi connectivity index (χ1v) is 6.25. The fourth-order valence-electron chi connectivity index (χ4n) is 1.82. The van der Waals surface area contributed by atoms with Crippen molar-refractivity contribution in [2.24, 2.45) is 10.8 Å². The van der Waals surface area contributed by atoms with Gasteiger partial charge in [-0.1, -0.05) is 0 Å². The Hall–Kier alpha value is -1.60. The van der Waals surface area contributed by atoms with Gasteiger partial charge in [-0.05, 0) is 32.0 Å². The maximum absolute atomic E-state index is 5.72. The molecule has 7 heteroatoms. The number of hydrogen-bond donors (Lipinski definition) is 1. The lowest BCUT2D eigenvalue weighted by molar-refractivity contribution is 0.0792. The van der Waals surface area contributed by atoms with Gasteiger partial charge in [0.15, 0.2) is 0 Å². The Morgan fingerprint density at radius 2 is 2.17 bits per heavy atom. The lowest BCUT2D eigenvalue weighted by atomic mass is 10.3. The Morgan fingerprint density at radius 3 is 2.72 bits per heavy atom. The number of rotatable bonds is 3. The van der Waals surface area contributed by atoms with Crippen LogP contribution in [0.5, 0.6) is 0 Å². The quantitative estimate of drug-likeness (QED) is 0.494. The van der Waals surface area contributed by atoms with Crippen LogP contribution in [0.1, 0.15) is 25.5 Å². The second-order valence-corrected chi connectivity index (χ2v) is 4.48. The van der Waals surface area contributed by atoms with Crippen molar-refractivity contribution in [3.05, 3.63) is 24.3 Å². The van der Waals surface area contributed by atoms with Crippen LogP contribution in [0.15, 0.2) is 23.7 Å². The fraction of sp³-hybridized carbons (Fsp3) is 0.455. The van der Waals surface area contributed by atoms with Crippen LogP contribution in [0.4, 0.5) is 0 Å². The first-order valence-electron chi connectivity index (χ1n) is 5.84. The zero-order valence-corrected chi connectivity index (χ0v) is 11.1. The highest BCUT2D eigenvalue weighted by atomic mass is 32.1. The lowest BCUT2D eigenvalue weighted by Crippen LogP contribution is -2.44. The molecule has 1 aromatic heterocycles. The first-order chi connectivity index (χ1) is 8.68. The van der Waals surface area contributed by atoms with Gasteiger partial charge in [-0.25, -0.2) is 0 Å². The van der Waals surface area contributed by atoms with Crippen LogP contribution in [0.2, 0.25) is 0 Å². The molecule has 0 aliphatic carbocycles. The lowest BCUT2D eigenvalue weighted by Gasteiger charge is -2.27. The molecule has 0 amide bonds. The van der Waals surface area contributed by atoms with Crippen LogP contribution in [0.25, 0.3) is 0 Å². The zero-order valence-electron chi connectivity index (χ0n) is 10.3. The van der Waals surface area contributed by atoms with Gasteiger partial charge in [-0.3, -0.25) is 9.97 Å². The Labute approximate surface area is 111 Å². The molecule has 0 aromatic carbocycles. The van der Waals surface area contributed by atoms with Crippen molar-refractivity contribution in [3.63, 3.8) is 0 Å². The molecule has 6 nitrogen and oxygen atoms in total. The second-order valence-electron chi connectivity index (χ2n) is 4.06. The summed E-state index contributed by atoms with van der Waals surface area (Å²) in [5, 5.41) is 8.32. The van der Waals surface area contributed by atoms with Gasteiger partial charge >= 0.3 is 0 Å². The predicted molar refractivity (Wildman–Crippen MR) is 73.7 cm³/mol. The summed E-state index contributed by atoms with van der Waals surface area (Å²) in [4.78, 5) is 8.21. The summed E-state index contributed by atoms with van der Waals surface area (Å²) >= 11 is 5.04. The Kier molecular flexibility index (Phi) is 4.16. The molecule has 18 heavy (non-hydrogen) atoms. The van der Waals surface area contributed by atoms with Crippen LogP contribution in [-0.4, -0.2) is 44.0 Å². The van der Waals surface area contributed by atoms with Crippen molar-refractivity contribution in [2.75, 3.05) is 13.1 Å². The van der Waals surface area contributed by atoms with Gasteiger partial charge in [-0.15, -0.1) is 0 Å². The normalized spacial score (nSPS) is 16.8. The average Bonchev–Trinajstić information content (AvgIpc) is 2.90. The van der Waals surface area contributed by atoms with E-state index in [0.717, 1.165) is 37.3 Å². The van der Waals surface area contributed by atoms with E-state index in [0.29, 0.717) is 0 Å². The molecule has 0 saturated carbocycles. The molecule has 0 radical (unpaired) electrons. The maximum atomic E-state index is 5.72. The number of nitrogens with two attached hydrogens (primary N) is 1. The summed E-state index contributed by atoms with van der Waals surface area (Å²) in [6.07, 6.45) is 7.20. The average molecular weight is 264 g/mol. The smallest absolute Gasteiger partial charge is 0.203 e. The standard InChI is InChI=1S/C11H16N6S/c1-9(10-8-13-4-5-14-10)15-17(11(12)18)16-6-2-3-7-16/h4-5,8H,2-3,6-7H2,1H3,(H2,12,18). The summed E-state index contributed by atoms with van der Waals surface area (Å²) in [7, 11) is 0. The van der Waals surface area contributed by atoms with Crippen molar-refractivity contribution in [1.82, 2.24) is 20.1 Å². The van der Waals surface area contributed by atoms with Gasteiger partial charge in [0.25, 0.3) is 0 Å². The van der Waals surface area contributed by atoms with E-state index in [-0.39, 0.29) is 5.11 Å². The summed E-state index contributed by atoms with van der Waals surface area (Å²) in [6.45, 7) is 3.72. The highest BCUT2D eigenvalue weighted by Gasteiger charge is 2.20. The highest BCUT2D eigenvalue weighted by molar-refractivity contribution is 7.80. The van der Waals surface area contributed by atoms with Gasteiger partial charge in [0.2, 0.25) is 5.11 Å². The van der Waals surface area contributed by atoms with Crippen molar-refractivity contribution in [1.29, 1.82) is 0 Å². The molecule has 2 rings (SSSR count). The Balaban J connectivity index is 2.19. The minimum absolute atomic E-state index is 0.250. The molecular weight excluding hydrogens is 248 g/mol. The van der Waals surface area contributed by atoms with Crippen LogP contribution < -0.4 is 5.73 Å². The Morgan fingerprint density at radius 1 is 1.44 bits per heavy atom. The van der Waals surface area contributed by atoms with Crippen molar-refractivity contribution in [2.45, 2.75) is 19.8 Å². The number of hydrogen-bond acceptors (Lipinski definition) is 5. The number of nitrogens with zero attached hydrogens (tertiary/aromatic N) is 5. The molecule has 96 valence electrons. The molecule has 1 aromatic rings. The fourth-order valence-corrected chi connectivity index (χ4v) is 1.98. The number of thiocarbonyl (C=S) groups is 1. The van der Waals surface area contributed by atoms with E-state index < -0.39 is 0 Å². The predicted octanol–water partition coefficient (Wildman–Crippen LogP) is 0.757. The highest BCUT2D eigenvalue weighted by Crippen LogP contribution is 2.12. The number of hydrazine groups is 1. The van der Waals surface area contributed by atoms with E-state index in [1.807, 2.05) is 11.9 Å². The summed E-state index contributed by atoms with van der Waals surface area (Å²) in [5.41, 5.74) is 7.17. The van der Waals surface area contributed by atoms with Crippen LogP contribution >= 0.6 is 12.2 Å². The summed E-state index contributed by atoms with van der Waals surface area (Å²) in [6, 6.07) is 0. The van der Waals surface area contributed by atoms with E-state index >= 15 is 0 Å². The second kappa shape index (κ2) is 5.83. The monoisotopic (exact) mass is 264 g/mol. The van der Waals surface area contributed by atoms with Crippen molar-refractivity contribution < 1.29 is 0 Å². The molecule has 0 atom stereocenters. The minimum atomic E-state index is 0.250. The molecule has 2 heterocycles. The van der Waals surface area contributed by atoms with Gasteiger partial charge in [-0.2, -0.15) is 15.2 Å². The first kappa shape index (κ1) is 12.8. The van der Waals surface area contributed by atoms with Crippen LogP contribution in [-0.2, 0) is 0 Å². The van der Waals surface area contributed by atoms with E-state index in [2.05, 4.69) is 15.1 Å². The molecule has 1 aliphatic heterocycles. The minimum Gasteiger partial charge on any atom is -0.374 e. The van der Waals surface area contributed by atoms with Crippen molar-refractivity contribution >= 4 is 23.0 Å². The molecule has 0 spiro atoms. The SMILES string of the molecule is CC(=NN(C(N)=S)N1CCCC1)c1cnccn1. The van der Waals surface area contributed by atoms with E-state index in [4.69, 9.17) is 18.0 Å². The van der Waals surface area contributed by atoms with E-state index in [1.54, 1.807) is 23.7 Å². The van der Waals surface area contributed by atoms with E-state index in [9.17, 15) is 0 Å². The third-order valence-electron chi connectivity index (χ3n) is 2.73. The third-order valence-corrected chi connectivity index (χ3v) is 2.89. The van der Waals surface area contributed by atoms with E-state index in [1.165, 1.54) is 0 Å². The summed E-state index contributed by atoms with van der Waals surface area (Å²) < 4.78 is 0. The van der Waals surface area contributed by atoms with Crippen LogP contribution in [0, 0.1) is 0 Å².